The number of phenols is 2. The molecule has 1 unspecified atom stereocenters. The van der Waals surface area contributed by atoms with E-state index in [1.54, 1.807) is 20.0 Å². The summed E-state index contributed by atoms with van der Waals surface area (Å²) in [6.07, 6.45) is 0. The van der Waals surface area contributed by atoms with E-state index in [-0.39, 0.29) is 11.5 Å². The molecular weight excluding hydrogens is 182 g/mol. The van der Waals surface area contributed by atoms with Gasteiger partial charge in [-0.05, 0) is 31.7 Å². The molecule has 1 atom stereocenters. The molecule has 0 aliphatic rings. The molecule has 0 amide bonds. The topological polar surface area (TPSA) is 72.7 Å². The number of likely N-dealkylation sites (N-methyl/N-ethyl adjacent to an activating group) is 1. The molecule has 0 saturated heterocycles. The van der Waals surface area contributed by atoms with E-state index in [0.717, 1.165) is 0 Å². The first-order valence-corrected chi connectivity index (χ1v) is 4.37. The Kier molecular flexibility index (Phi) is 2.98. The van der Waals surface area contributed by atoms with Crippen molar-refractivity contribution in [2.45, 2.75) is 12.5 Å². The molecule has 0 bridgehead atoms. The zero-order valence-corrected chi connectivity index (χ0v) is 8.28. The Morgan fingerprint density at radius 2 is 1.93 bits per heavy atom. The van der Waals surface area contributed by atoms with Gasteiger partial charge in [0.2, 0.25) is 0 Å². The summed E-state index contributed by atoms with van der Waals surface area (Å²) >= 11 is 0. The SMILES string of the molecule is CNCC(C)(O)c1ccc(O)c(O)c1. The Labute approximate surface area is 82.8 Å². The third kappa shape index (κ3) is 2.16. The lowest BCUT2D eigenvalue weighted by Gasteiger charge is -2.23. The summed E-state index contributed by atoms with van der Waals surface area (Å²) in [5.74, 6) is -0.409. The second-order valence-corrected chi connectivity index (χ2v) is 3.51. The number of phenolic OH excluding ortho intramolecular Hbond substituents is 2. The highest BCUT2D eigenvalue weighted by atomic mass is 16.3. The molecule has 1 rings (SSSR count). The normalized spacial score (nSPS) is 15.1. The Hall–Kier alpha value is -1.26. The predicted octanol–water partition coefficient (Wildman–Crippen LogP) is 0.525. The van der Waals surface area contributed by atoms with Gasteiger partial charge in [0.15, 0.2) is 11.5 Å². The fourth-order valence-corrected chi connectivity index (χ4v) is 1.30. The minimum absolute atomic E-state index is 0.186. The zero-order chi connectivity index (χ0) is 10.8. The molecular formula is C10H15NO3. The maximum atomic E-state index is 9.95. The average Bonchev–Trinajstić information content (AvgIpc) is 2.09. The number of hydrogen-bond donors (Lipinski definition) is 4. The van der Waals surface area contributed by atoms with Crippen LogP contribution in [0, 0.1) is 0 Å². The standard InChI is InChI=1S/C10H15NO3/c1-10(14,6-11-2)7-3-4-8(12)9(13)5-7/h3-5,11-14H,6H2,1-2H3. The van der Waals surface area contributed by atoms with Crippen molar-refractivity contribution in [2.24, 2.45) is 0 Å². The lowest BCUT2D eigenvalue weighted by molar-refractivity contribution is 0.0589. The van der Waals surface area contributed by atoms with Crippen molar-refractivity contribution in [3.8, 4) is 11.5 Å². The van der Waals surface area contributed by atoms with Gasteiger partial charge in [0, 0.05) is 6.54 Å². The van der Waals surface area contributed by atoms with Crippen LogP contribution in [0.3, 0.4) is 0 Å². The van der Waals surface area contributed by atoms with Crippen LogP contribution < -0.4 is 5.32 Å². The van der Waals surface area contributed by atoms with Crippen molar-refractivity contribution in [1.82, 2.24) is 5.32 Å². The molecule has 14 heavy (non-hydrogen) atoms. The van der Waals surface area contributed by atoms with E-state index in [4.69, 9.17) is 5.11 Å². The Balaban J connectivity index is 3.01. The molecule has 0 fully saturated rings. The third-order valence-electron chi connectivity index (χ3n) is 2.12. The second kappa shape index (κ2) is 3.86. The van der Waals surface area contributed by atoms with Gasteiger partial charge in [0.05, 0.1) is 5.60 Å². The first kappa shape index (κ1) is 10.8. The van der Waals surface area contributed by atoms with E-state index in [0.29, 0.717) is 12.1 Å². The van der Waals surface area contributed by atoms with Crippen molar-refractivity contribution in [1.29, 1.82) is 0 Å². The summed E-state index contributed by atoms with van der Waals surface area (Å²) in [6.45, 7) is 2.01. The Morgan fingerprint density at radius 3 is 2.43 bits per heavy atom. The number of rotatable bonds is 3. The van der Waals surface area contributed by atoms with Crippen LogP contribution in [0.4, 0.5) is 0 Å². The number of hydrogen-bond acceptors (Lipinski definition) is 4. The van der Waals surface area contributed by atoms with E-state index in [1.807, 2.05) is 0 Å². The van der Waals surface area contributed by atoms with Crippen molar-refractivity contribution in [3.63, 3.8) is 0 Å². The van der Waals surface area contributed by atoms with E-state index in [2.05, 4.69) is 5.32 Å². The van der Waals surface area contributed by atoms with Gasteiger partial charge in [-0.3, -0.25) is 0 Å². The summed E-state index contributed by atoms with van der Waals surface area (Å²) in [5.41, 5.74) is -0.498. The molecule has 0 aliphatic heterocycles. The third-order valence-corrected chi connectivity index (χ3v) is 2.12. The molecule has 0 saturated carbocycles. The van der Waals surface area contributed by atoms with Crippen LogP contribution in [0.5, 0.6) is 11.5 Å². The van der Waals surface area contributed by atoms with Gasteiger partial charge in [-0.25, -0.2) is 0 Å². The molecule has 0 aromatic heterocycles. The quantitative estimate of drug-likeness (QED) is 0.533. The molecule has 0 spiro atoms. The predicted molar refractivity (Wildman–Crippen MR) is 53.3 cm³/mol. The van der Waals surface area contributed by atoms with Gasteiger partial charge in [0.25, 0.3) is 0 Å². The van der Waals surface area contributed by atoms with Crippen molar-refractivity contribution in [2.75, 3.05) is 13.6 Å². The highest BCUT2D eigenvalue weighted by molar-refractivity contribution is 5.42. The molecule has 0 aliphatic carbocycles. The van der Waals surface area contributed by atoms with Gasteiger partial charge in [-0.15, -0.1) is 0 Å². The van der Waals surface area contributed by atoms with Gasteiger partial charge in [0.1, 0.15) is 0 Å². The maximum absolute atomic E-state index is 9.95. The zero-order valence-electron chi connectivity index (χ0n) is 8.28. The first-order chi connectivity index (χ1) is 6.47. The highest BCUT2D eigenvalue weighted by Gasteiger charge is 2.22. The van der Waals surface area contributed by atoms with E-state index >= 15 is 0 Å². The van der Waals surface area contributed by atoms with E-state index in [9.17, 15) is 10.2 Å². The van der Waals surface area contributed by atoms with E-state index < -0.39 is 5.60 Å². The minimum Gasteiger partial charge on any atom is -0.504 e. The van der Waals surface area contributed by atoms with Gasteiger partial charge < -0.3 is 20.6 Å². The van der Waals surface area contributed by atoms with E-state index in [1.165, 1.54) is 12.1 Å². The fourth-order valence-electron chi connectivity index (χ4n) is 1.30. The Morgan fingerprint density at radius 1 is 1.29 bits per heavy atom. The molecule has 1 aromatic carbocycles. The molecule has 4 nitrogen and oxygen atoms in total. The van der Waals surface area contributed by atoms with Crippen LogP contribution in [0.25, 0.3) is 0 Å². The number of aromatic hydroxyl groups is 2. The summed E-state index contributed by atoms with van der Waals surface area (Å²) in [5, 5.41) is 31.1. The molecule has 0 radical (unpaired) electrons. The summed E-state index contributed by atoms with van der Waals surface area (Å²) < 4.78 is 0. The van der Waals surface area contributed by atoms with Crippen LogP contribution in [-0.4, -0.2) is 28.9 Å². The van der Waals surface area contributed by atoms with Crippen LogP contribution in [-0.2, 0) is 5.60 Å². The highest BCUT2D eigenvalue weighted by Crippen LogP contribution is 2.29. The monoisotopic (exact) mass is 197 g/mol. The largest absolute Gasteiger partial charge is 0.504 e. The van der Waals surface area contributed by atoms with Gasteiger partial charge >= 0.3 is 0 Å². The lowest BCUT2D eigenvalue weighted by Crippen LogP contribution is -2.33. The van der Waals surface area contributed by atoms with Gasteiger partial charge in [-0.2, -0.15) is 0 Å². The fraction of sp³-hybridized carbons (Fsp3) is 0.400. The summed E-state index contributed by atoms with van der Waals surface area (Å²) in [6, 6.07) is 4.29. The van der Waals surface area contributed by atoms with Crippen molar-refractivity contribution < 1.29 is 15.3 Å². The summed E-state index contributed by atoms with van der Waals surface area (Å²) in [7, 11) is 1.73. The molecule has 4 heteroatoms. The summed E-state index contributed by atoms with van der Waals surface area (Å²) in [4.78, 5) is 0. The van der Waals surface area contributed by atoms with Crippen LogP contribution >= 0.6 is 0 Å². The molecule has 78 valence electrons. The van der Waals surface area contributed by atoms with Crippen LogP contribution in [0.2, 0.25) is 0 Å². The average molecular weight is 197 g/mol. The minimum atomic E-state index is -1.06. The molecule has 1 aromatic rings. The number of aliphatic hydroxyl groups is 1. The van der Waals surface area contributed by atoms with Crippen molar-refractivity contribution >= 4 is 0 Å². The first-order valence-electron chi connectivity index (χ1n) is 4.37. The number of nitrogens with one attached hydrogen (secondary N) is 1. The Bertz CT molecular complexity index is 323. The van der Waals surface area contributed by atoms with Crippen LogP contribution in [0.1, 0.15) is 12.5 Å². The second-order valence-electron chi connectivity index (χ2n) is 3.51. The van der Waals surface area contributed by atoms with Crippen molar-refractivity contribution in [3.05, 3.63) is 23.8 Å². The van der Waals surface area contributed by atoms with Crippen LogP contribution in [0.15, 0.2) is 18.2 Å². The van der Waals surface area contributed by atoms with Gasteiger partial charge in [-0.1, -0.05) is 6.07 Å². The molecule has 4 N–H and O–H groups in total. The molecule has 0 heterocycles. The lowest BCUT2D eigenvalue weighted by atomic mass is 9.96. The number of benzene rings is 1. The maximum Gasteiger partial charge on any atom is 0.157 e. The smallest absolute Gasteiger partial charge is 0.157 e.